The maximum atomic E-state index is 10.4. The summed E-state index contributed by atoms with van der Waals surface area (Å²) in [4.78, 5) is 0. The summed E-state index contributed by atoms with van der Waals surface area (Å²) in [5, 5.41) is 10.4. The van der Waals surface area contributed by atoms with Crippen molar-refractivity contribution in [3.63, 3.8) is 0 Å². The molecule has 19 heavy (non-hydrogen) atoms. The van der Waals surface area contributed by atoms with Crippen molar-refractivity contribution in [2.24, 2.45) is 0 Å². The van der Waals surface area contributed by atoms with Crippen molar-refractivity contribution in [3.8, 4) is 5.75 Å². The van der Waals surface area contributed by atoms with Crippen molar-refractivity contribution in [2.75, 3.05) is 6.61 Å². The molecule has 1 atom stereocenters. The van der Waals surface area contributed by atoms with Crippen molar-refractivity contribution in [1.82, 2.24) is 0 Å². The van der Waals surface area contributed by atoms with Gasteiger partial charge in [0.2, 0.25) is 0 Å². The van der Waals surface area contributed by atoms with Crippen LogP contribution in [0.1, 0.15) is 35.3 Å². The Labute approximate surface area is 114 Å². The monoisotopic (exact) mass is 256 g/mol. The molecule has 0 aliphatic rings. The van der Waals surface area contributed by atoms with Crippen LogP contribution in [0, 0.1) is 13.8 Å². The van der Waals surface area contributed by atoms with Gasteiger partial charge in [-0.3, -0.25) is 0 Å². The minimum absolute atomic E-state index is 0.587. The molecule has 0 saturated heterocycles. The molecular formula is C17H20O2. The lowest BCUT2D eigenvalue weighted by molar-refractivity contribution is 0.219. The largest absolute Gasteiger partial charge is 0.494 e. The lowest BCUT2D eigenvalue weighted by Gasteiger charge is -2.15. The van der Waals surface area contributed by atoms with Crippen molar-refractivity contribution in [2.45, 2.75) is 26.9 Å². The molecule has 2 aromatic rings. The highest BCUT2D eigenvalue weighted by atomic mass is 16.5. The second-order valence-corrected chi connectivity index (χ2v) is 4.76. The van der Waals surface area contributed by atoms with Crippen LogP contribution in [-0.2, 0) is 0 Å². The minimum Gasteiger partial charge on any atom is -0.494 e. The Morgan fingerprint density at radius 3 is 2.32 bits per heavy atom. The third-order valence-corrected chi connectivity index (χ3v) is 3.23. The van der Waals surface area contributed by atoms with Gasteiger partial charge in [0.15, 0.2) is 0 Å². The van der Waals surface area contributed by atoms with Crippen LogP contribution in [0.4, 0.5) is 0 Å². The molecule has 0 amide bonds. The quantitative estimate of drug-likeness (QED) is 0.902. The van der Waals surface area contributed by atoms with E-state index in [9.17, 15) is 5.11 Å². The number of hydrogen-bond acceptors (Lipinski definition) is 2. The number of aliphatic hydroxyl groups is 1. The SMILES string of the molecule is CCOc1ccc(C(O)c2ccc(C)cc2C)cc1. The smallest absolute Gasteiger partial charge is 0.119 e. The third-order valence-electron chi connectivity index (χ3n) is 3.23. The summed E-state index contributed by atoms with van der Waals surface area (Å²) < 4.78 is 5.40. The fourth-order valence-corrected chi connectivity index (χ4v) is 2.22. The van der Waals surface area contributed by atoms with E-state index >= 15 is 0 Å². The molecule has 0 aliphatic heterocycles. The summed E-state index contributed by atoms with van der Waals surface area (Å²) in [7, 11) is 0. The predicted octanol–water partition coefficient (Wildman–Crippen LogP) is 3.78. The van der Waals surface area contributed by atoms with Crippen molar-refractivity contribution < 1.29 is 9.84 Å². The van der Waals surface area contributed by atoms with Gasteiger partial charge in [0.25, 0.3) is 0 Å². The highest BCUT2D eigenvalue weighted by molar-refractivity contribution is 5.39. The first-order valence-corrected chi connectivity index (χ1v) is 6.59. The van der Waals surface area contributed by atoms with Gasteiger partial charge in [-0.25, -0.2) is 0 Å². The molecule has 0 aromatic heterocycles. The van der Waals surface area contributed by atoms with Gasteiger partial charge in [0, 0.05) is 0 Å². The zero-order valence-electron chi connectivity index (χ0n) is 11.7. The third kappa shape index (κ3) is 3.15. The molecule has 1 unspecified atom stereocenters. The summed E-state index contributed by atoms with van der Waals surface area (Å²) in [5.41, 5.74) is 4.16. The van der Waals surface area contributed by atoms with E-state index < -0.39 is 6.10 Å². The molecule has 2 aromatic carbocycles. The molecule has 0 aliphatic carbocycles. The summed E-state index contributed by atoms with van der Waals surface area (Å²) in [6.07, 6.45) is -0.587. The lowest BCUT2D eigenvalue weighted by Crippen LogP contribution is -2.02. The molecule has 0 heterocycles. The van der Waals surface area contributed by atoms with Crippen molar-refractivity contribution >= 4 is 0 Å². The number of ether oxygens (including phenoxy) is 1. The van der Waals surface area contributed by atoms with Crippen molar-refractivity contribution in [1.29, 1.82) is 0 Å². The second-order valence-electron chi connectivity index (χ2n) is 4.76. The minimum atomic E-state index is -0.587. The average Bonchev–Trinajstić information content (AvgIpc) is 2.39. The molecule has 2 nitrogen and oxygen atoms in total. The Morgan fingerprint density at radius 2 is 1.74 bits per heavy atom. The van der Waals surface area contributed by atoms with Crippen LogP contribution in [0.2, 0.25) is 0 Å². The Kier molecular flexibility index (Phi) is 4.23. The first kappa shape index (κ1) is 13.6. The summed E-state index contributed by atoms with van der Waals surface area (Å²) in [6.45, 7) is 6.69. The maximum Gasteiger partial charge on any atom is 0.119 e. The van der Waals surface area contributed by atoms with Gasteiger partial charge in [-0.2, -0.15) is 0 Å². The van der Waals surface area contributed by atoms with E-state index in [1.165, 1.54) is 5.56 Å². The second kappa shape index (κ2) is 5.89. The number of rotatable bonds is 4. The number of aryl methyl sites for hydroxylation is 2. The van der Waals surface area contributed by atoms with Gasteiger partial charge in [-0.05, 0) is 49.6 Å². The molecule has 0 fully saturated rings. The fraction of sp³-hybridized carbons (Fsp3) is 0.294. The van der Waals surface area contributed by atoms with Gasteiger partial charge < -0.3 is 9.84 Å². The van der Waals surface area contributed by atoms with Crippen LogP contribution in [0.3, 0.4) is 0 Å². The van der Waals surface area contributed by atoms with Crippen LogP contribution in [-0.4, -0.2) is 11.7 Å². The molecule has 0 bridgehead atoms. The lowest BCUT2D eigenvalue weighted by atomic mass is 9.96. The topological polar surface area (TPSA) is 29.5 Å². The zero-order chi connectivity index (χ0) is 13.8. The van der Waals surface area contributed by atoms with E-state index in [0.29, 0.717) is 6.61 Å². The summed E-state index contributed by atoms with van der Waals surface area (Å²) in [5.74, 6) is 0.832. The van der Waals surface area contributed by atoms with E-state index in [4.69, 9.17) is 4.74 Å². The fourth-order valence-electron chi connectivity index (χ4n) is 2.22. The molecular weight excluding hydrogens is 236 g/mol. The van der Waals surface area contributed by atoms with Crippen LogP contribution in [0.25, 0.3) is 0 Å². The highest BCUT2D eigenvalue weighted by Crippen LogP contribution is 2.26. The van der Waals surface area contributed by atoms with E-state index in [-0.39, 0.29) is 0 Å². The Balaban J connectivity index is 2.25. The normalized spacial score (nSPS) is 12.2. The molecule has 100 valence electrons. The van der Waals surface area contributed by atoms with E-state index in [0.717, 1.165) is 22.4 Å². The Morgan fingerprint density at radius 1 is 1.05 bits per heavy atom. The molecule has 2 heteroatoms. The highest BCUT2D eigenvalue weighted by Gasteiger charge is 2.12. The molecule has 0 saturated carbocycles. The summed E-state index contributed by atoms with van der Waals surface area (Å²) >= 11 is 0. The van der Waals surface area contributed by atoms with Gasteiger partial charge in [0.1, 0.15) is 11.9 Å². The zero-order valence-corrected chi connectivity index (χ0v) is 11.7. The molecule has 0 spiro atoms. The van der Waals surface area contributed by atoms with E-state index in [1.54, 1.807) is 0 Å². The van der Waals surface area contributed by atoms with Crippen LogP contribution in [0.15, 0.2) is 42.5 Å². The number of benzene rings is 2. The Hall–Kier alpha value is -1.80. The van der Waals surface area contributed by atoms with Gasteiger partial charge in [-0.15, -0.1) is 0 Å². The first-order chi connectivity index (χ1) is 9.11. The van der Waals surface area contributed by atoms with Crippen molar-refractivity contribution in [3.05, 3.63) is 64.7 Å². The Bertz CT molecular complexity index is 544. The standard InChI is InChI=1S/C17H20O2/c1-4-19-15-8-6-14(7-9-15)17(18)16-10-5-12(2)11-13(16)3/h5-11,17-18H,4H2,1-3H3. The van der Waals surface area contributed by atoms with Gasteiger partial charge in [-0.1, -0.05) is 35.9 Å². The van der Waals surface area contributed by atoms with E-state index in [2.05, 4.69) is 13.0 Å². The van der Waals surface area contributed by atoms with Gasteiger partial charge >= 0.3 is 0 Å². The van der Waals surface area contributed by atoms with E-state index in [1.807, 2.05) is 50.2 Å². The predicted molar refractivity (Wildman–Crippen MR) is 77.6 cm³/mol. The van der Waals surface area contributed by atoms with Crippen LogP contribution < -0.4 is 4.74 Å². The van der Waals surface area contributed by atoms with Crippen LogP contribution >= 0.6 is 0 Å². The number of aliphatic hydroxyl groups excluding tert-OH is 1. The molecule has 1 N–H and O–H groups in total. The van der Waals surface area contributed by atoms with Gasteiger partial charge in [0.05, 0.1) is 6.61 Å². The number of hydrogen-bond donors (Lipinski definition) is 1. The summed E-state index contributed by atoms with van der Waals surface area (Å²) in [6, 6.07) is 13.7. The van der Waals surface area contributed by atoms with Crippen LogP contribution in [0.5, 0.6) is 5.75 Å². The average molecular weight is 256 g/mol. The first-order valence-electron chi connectivity index (χ1n) is 6.59. The molecule has 0 radical (unpaired) electrons. The molecule has 2 rings (SSSR count). The maximum absolute atomic E-state index is 10.4.